The van der Waals surface area contributed by atoms with Crippen molar-refractivity contribution in [3.8, 4) is 0 Å². The lowest BCUT2D eigenvalue weighted by Gasteiger charge is -2.24. The number of quaternary nitrogens is 1. The number of rotatable bonds is 72. The van der Waals surface area contributed by atoms with Gasteiger partial charge in [-0.3, -0.25) is 18.6 Å². The van der Waals surface area contributed by atoms with Crippen molar-refractivity contribution in [1.29, 1.82) is 0 Å². The second kappa shape index (κ2) is 70.8. The molecule has 0 saturated heterocycles. The molecule has 0 heterocycles. The molecular formula is C80H149NO8P+. The predicted octanol–water partition coefficient (Wildman–Crippen LogP) is 25.5. The van der Waals surface area contributed by atoms with E-state index in [0.29, 0.717) is 23.9 Å². The summed E-state index contributed by atoms with van der Waals surface area (Å²) >= 11 is 0. The predicted molar refractivity (Wildman–Crippen MR) is 390 cm³/mol. The van der Waals surface area contributed by atoms with Crippen LogP contribution in [-0.2, 0) is 32.7 Å². The third kappa shape index (κ3) is 74.5. The maximum absolute atomic E-state index is 12.9. The zero-order chi connectivity index (χ0) is 65.5. The fourth-order valence-corrected chi connectivity index (χ4v) is 12.1. The maximum atomic E-state index is 12.9. The van der Waals surface area contributed by atoms with Crippen molar-refractivity contribution in [2.45, 2.75) is 380 Å². The number of phosphoric acid groups is 1. The molecule has 0 rings (SSSR count). The third-order valence-corrected chi connectivity index (χ3v) is 18.2. The normalized spacial score (nSPS) is 13.4. The van der Waals surface area contributed by atoms with Crippen molar-refractivity contribution in [1.82, 2.24) is 0 Å². The Morgan fingerprint density at radius 3 is 0.956 bits per heavy atom. The van der Waals surface area contributed by atoms with Gasteiger partial charge < -0.3 is 18.9 Å². The molecule has 0 bridgehead atoms. The SMILES string of the molecule is CC/C=C\C/C=C\C/C=C\C/C=C\C/C=C\CCCCCCCCCCCCCCCCCCCCCCCCCCCC(=O)OC(COC(=O)CCCCCCCCCCCCCCC/C=C\CCCCCCCCCC)COP(=O)(O)OCC[N+](C)(C)C. The number of likely N-dealkylation sites (N-methyl/N-ethyl adjacent to an activating group) is 1. The lowest BCUT2D eigenvalue weighted by Crippen LogP contribution is -2.37. The average molecular weight is 1280 g/mol. The van der Waals surface area contributed by atoms with E-state index in [0.717, 1.165) is 64.2 Å². The summed E-state index contributed by atoms with van der Waals surface area (Å²) in [6.07, 6.45) is 96.1. The van der Waals surface area contributed by atoms with Gasteiger partial charge in [-0.05, 0) is 83.5 Å². The van der Waals surface area contributed by atoms with E-state index >= 15 is 0 Å². The van der Waals surface area contributed by atoms with Crippen LogP contribution in [0.5, 0.6) is 0 Å². The summed E-state index contributed by atoms with van der Waals surface area (Å²) in [6, 6.07) is 0. The Hall–Kier alpha value is -2.55. The highest BCUT2D eigenvalue weighted by molar-refractivity contribution is 7.47. The maximum Gasteiger partial charge on any atom is 0.472 e. The number of carbonyl (C=O) groups is 2. The average Bonchev–Trinajstić information content (AvgIpc) is 3.62. The van der Waals surface area contributed by atoms with Gasteiger partial charge in [-0.2, -0.15) is 0 Å². The van der Waals surface area contributed by atoms with Crippen molar-refractivity contribution >= 4 is 19.8 Å². The van der Waals surface area contributed by atoms with Gasteiger partial charge in [0.15, 0.2) is 6.10 Å². The van der Waals surface area contributed by atoms with Crippen LogP contribution in [-0.4, -0.2) is 74.9 Å². The number of unbranched alkanes of at least 4 members (excludes halogenated alkanes) is 46. The van der Waals surface area contributed by atoms with Crippen LogP contribution < -0.4 is 0 Å². The van der Waals surface area contributed by atoms with E-state index in [4.69, 9.17) is 18.5 Å². The first-order valence-corrected chi connectivity index (χ1v) is 40.2. The van der Waals surface area contributed by atoms with Gasteiger partial charge in [0.2, 0.25) is 0 Å². The fraction of sp³-hybridized carbons (Fsp3) is 0.825. The quantitative estimate of drug-likeness (QED) is 0.0211. The first-order chi connectivity index (χ1) is 44.0. The monoisotopic (exact) mass is 1280 g/mol. The summed E-state index contributed by atoms with van der Waals surface area (Å²) in [7, 11) is 1.49. The van der Waals surface area contributed by atoms with E-state index in [2.05, 4.69) is 86.8 Å². The number of ether oxygens (including phenoxy) is 2. The molecule has 9 nitrogen and oxygen atoms in total. The molecule has 0 aromatic rings. The second-order valence-corrected chi connectivity index (χ2v) is 28.8. The van der Waals surface area contributed by atoms with E-state index in [1.165, 1.54) is 276 Å². The molecule has 10 heteroatoms. The Bertz CT molecular complexity index is 1750. The standard InChI is InChI=1S/C80H148NO8P/c1-6-8-10-12-14-16-18-20-22-24-26-28-30-32-33-34-35-36-37-38-39-40-41-42-43-44-45-46-47-49-51-53-55-57-59-61-63-65-67-69-71-73-80(83)89-78(77-88-90(84,85)87-75-74-81(3,4)5)76-86-79(82)72-70-68-66-64-62-60-58-56-54-52-50-48-31-29-27-25-23-21-19-17-15-13-11-9-7-2/h8,10,14,16,20,22,25-28,32-33,78H,6-7,9,11-13,15,17-19,21,23-24,29-31,34-77H2,1-5H3/p+1/b10-8-,16-14-,22-20-,27-25-,28-26-,33-32-. The van der Waals surface area contributed by atoms with Crippen molar-refractivity contribution in [3.05, 3.63) is 72.9 Å². The van der Waals surface area contributed by atoms with Crippen LogP contribution in [0.4, 0.5) is 0 Å². The lowest BCUT2D eigenvalue weighted by atomic mass is 10.0. The van der Waals surface area contributed by atoms with E-state index in [9.17, 15) is 19.0 Å². The Kier molecular flexibility index (Phi) is 68.8. The molecule has 0 aromatic carbocycles. The Morgan fingerprint density at radius 2 is 0.633 bits per heavy atom. The minimum absolute atomic E-state index is 0.0334. The number of esters is 2. The van der Waals surface area contributed by atoms with E-state index in [-0.39, 0.29) is 25.6 Å². The van der Waals surface area contributed by atoms with Crippen LogP contribution in [0, 0.1) is 0 Å². The molecule has 2 unspecified atom stereocenters. The minimum atomic E-state index is -4.39. The number of hydrogen-bond donors (Lipinski definition) is 1. The topological polar surface area (TPSA) is 108 Å². The highest BCUT2D eigenvalue weighted by Gasteiger charge is 2.27. The van der Waals surface area contributed by atoms with Gasteiger partial charge in [0.25, 0.3) is 0 Å². The number of allylic oxidation sites excluding steroid dienone is 12. The molecular weight excluding hydrogens is 1130 g/mol. The Morgan fingerprint density at radius 1 is 0.356 bits per heavy atom. The zero-order valence-corrected chi connectivity index (χ0v) is 61.0. The minimum Gasteiger partial charge on any atom is -0.462 e. The van der Waals surface area contributed by atoms with Crippen molar-refractivity contribution in [3.63, 3.8) is 0 Å². The number of nitrogens with zero attached hydrogens (tertiary/aromatic N) is 1. The van der Waals surface area contributed by atoms with Gasteiger partial charge in [-0.25, -0.2) is 4.57 Å². The molecule has 0 aliphatic rings. The smallest absolute Gasteiger partial charge is 0.462 e. The van der Waals surface area contributed by atoms with Gasteiger partial charge in [0.05, 0.1) is 27.7 Å². The van der Waals surface area contributed by atoms with Crippen LogP contribution in [0.1, 0.15) is 373 Å². The molecule has 0 aliphatic heterocycles. The fourth-order valence-electron chi connectivity index (χ4n) is 11.3. The molecule has 0 saturated carbocycles. The van der Waals surface area contributed by atoms with Crippen LogP contribution in [0.2, 0.25) is 0 Å². The van der Waals surface area contributed by atoms with Gasteiger partial charge in [-0.1, -0.05) is 350 Å². The first kappa shape index (κ1) is 87.5. The molecule has 526 valence electrons. The lowest BCUT2D eigenvalue weighted by molar-refractivity contribution is -0.870. The van der Waals surface area contributed by atoms with Crippen molar-refractivity contribution in [2.75, 3.05) is 47.5 Å². The molecule has 0 aromatic heterocycles. The number of hydrogen-bond acceptors (Lipinski definition) is 7. The van der Waals surface area contributed by atoms with Crippen molar-refractivity contribution in [2.24, 2.45) is 0 Å². The van der Waals surface area contributed by atoms with Gasteiger partial charge in [0, 0.05) is 12.8 Å². The van der Waals surface area contributed by atoms with Crippen LogP contribution in [0.25, 0.3) is 0 Å². The van der Waals surface area contributed by atoms with Gasteiger partial charge >= 0.3 is 19.8 Å². The molecule has 0 fully saturated rings. The zero-order valence-electron chi connectivity index (χ0n) is 60.1. The largest absolute Gasteiger partial charge is 0.472 e. The number of phosphoric ester groups is 1. The molecule has 0 amide bonds. The first-order valence-electron chi connectivity index (χ1n) is 38.7. The Balaban J connectivity index is 3.91. The molecule has 1 N–H and O–H groups in total. The van der Waals surface area contributed by atoms with E-state index in [1.807, 2.05) is 21.1 Å². The van der Waals surface area contributed by atoms with Crippen LogP contribution in [0.3, 0.4) is 0 Å². The van der Waals surface area contributed by atoms with E-state index < -0.39 is 26.5 Å². The molecule has 0 aliphatic carbocycles. The molecule has 2 atom stereocenters. The summed E-state index contributed by atoms with van der Waals surface area (Å²) in [6.45, 7) is 4.38. The van der Waals surface area contributed by atoms with E-state index in [1.54, 1.807) is 0 Å². The summed E-state index contributed by atoms with van der Waals surface area (Å²) < 4.78 is 34.8. The highest BCUT2D eigenvalue weighted by Crippen LogP contribution is 2.43. The summed E-state index contributed by atoms with van der Waals surface area (Å²) in [5.74, 6) is -0.777. The van der Waals surface area contributed by atoms with Crippen LogP contribution in [0.15, 0.2) is 72.9 Å². The Labute approximate surface area is 559 Å². The van der Waals surface area contributed by atoms with Crippen LogP contribution >= 0.6 is 7.82 Å². The summed E-state index contributed by atoms with van der Waals surface area (Å²) in [5, 5.41) is 0. The molecule has 0 spiro atoms. The summed E-state index contributed by atoms with van der Waals surface area (Å²) in [5.41, 5.74) is 0. The second-order valence-electron chi connectivity index (χ2n) is 27.4. The third-order valence-electron chi connectivity index (χ3n) is 17.2. The highest BCUT2D eigenvalue weighted by atomic mass is 31.2. The molecule has 90 heavy (non-hydrogen) atoms. The van der Waals surface area contributed by atoms with Crippen molar-refractivity contribution < 1.29 is 42.1 Å². The van der Waals surface area contributed by atoms with Gasteiger partial charge in [-0.15, -0.1) is 0 Å². The molecule has 0 radical (unpaired) electrons. The summed E-state index contributed by atoms with van der Waals surface area (Å²) in [4.78, 5) is 35.9. The number of carbonyl (C=O) groups excluding carboxylic acids is 2. The van der Waals surface area contributed by atoms with Gasteiger partial charge in [0.1, 0.15) is 19.8 Å².